The Hall–Kier alpha value is -4.48. The lowest BCUT2D eigenvalue weighted by Crippen LogP contribution is -2.69. The van der Waals surface area contributed by atoms with E-state index in [-0.39, 0.29) is 29.1 Å². The van der Waals surface area contributed by atoms with E-state index in [1.165, 1.54) is 48.5 Å². The maximum absolute atomic E-state index is 13.1. The molecule has 80 heavy (non-hydrogen) atoms. The molecule has 7 aliphatic rings. The Labute approximate surface area is 469 Å². The highest BCUT2D eigenvalue weighted by molar-refractivity contribution is 5.70. The maximum atomic E-state index is 13.1. The molecular weight excluding hydrogens is 1050 g/mol. The lowest BCUT2D eigenvalue weighted by molar-refractivity contribution is -0.344. The van der Waals surface area contributed by atoms with Crippen LogP contribution in [0.4, 0.5) is 0 Å². The van der Waals surface area contributed by atoms with Crippen molar-refractivity contribution in [3.05, 3.63) is 0 Å². The zero-order valence-electron chi connectivity index (χ0n) is 49.6. The minimum absolute atomic E-state index is 0.0237. The summed E-state index contributed by atoms with van der Waals surface area (Å²) >= 11 is 0. The van der Waals surface area contributed by atoms with Gasteiger partial charge in [-0.3, -0.25) is 38.4 Å². The molecule has 3 saturated heterocycles. The summed E-state index contributed by atoms with van der Waals surface area (Å²) in [4.78, 5) is 101. The number of carbonyl (C=O) groups is 8. The fourth-order valence-corrected chi connectivity index (χ4v) is 16.3. The molecule has 21 atom stereocenters. The van der Waals surface area contributed by atoms with E-state index in [1.807, 2.05) is 0 Å². The van der Waals surface area contributed by atoms with E-state index in [1.54, 1.807) is 13.8 Å². The van der Waals surface area contributed by atoms with Crippen molar-refractivity contribution in [2.75, 3.05) is 13.2 Å². The van der Waals surface area contributed by atoms with Crippen molar-refractivity contribution in [1.82, 2.24) is 0 Å². The summed E-state index contributed by atoms with van der Waals surface area (Å²) < 4.78 is 80.2. The normalized spacial score (nSPS) is 42.0. The Balaban J connectivity index is 1.29. The minimum atomic E-state index is -1.45. The first kappa shape index (κ1) is 63.1. The Morgan fingerprint density at radius 1 is 0.500 bits per heavy atom. The zero-order chi connectivity index (χ0) is 59.4. The van der Waals surface area contributed by atoms with Gasteiger partial charge in [0.1, 0.15) is 25.4 Å². The van der Waals surface area contributed by atoms with Crippen LogP contribution in [0, 0.1) is 45.3 Å². The molecule has 0 amide bonds. The van der Waals surface area contributed by atoms with Crippen LogP contribution in [-0.4, -0.2) is 157 Å². The first-order valence-electron chi connectivity index (χ1n) is 28.4. The van der Waals surface area contributed by atoms with E-state index in [2.05, 4.69) is 41.5 Å². The second kappa shape index (κ2) is 23.6. The van der Waals surface area contributed by atoms with Gasteiger partial charge in [-0.25, -0.2) is 0 Å². The third-order valence-electron chi connectivity index (χ3n) is 19.7. The number of fused-ring (bicyclic) bond motifs is 5. The summed E-state index contributed by atoms with van der Waals surface area (Å²) in [5.74, 6) is -6.18. The molecule has 4 saturated carbocycles. The van der Waals surface area contributed by atoms with Gasteiger partial charge in [-0.15, -0.1) is 0 Å². The van der Waals surface area contributed by atoms with E-state index in [0.29, 0.717) is 32.1 Å². The monoisotopic (exact) mass is 1140 g/mol. The fourth-order valence-electron chi connectivity index (χ4n) is 16.3. The molecule has 0 bridgehead atoms. The smallest absolute Gasteiger partial charge is 0.303 e. The molecule has 7 rings (SSSR count). The number of aliphatic hydroxyl groups is 1. The van der Waals surface area contributed by atoms with E-state index in [0.717, 1.165) is 32.6 Å². The van der Waals surface area contributed by atoms with Gasteiger partial charge >= 0.3 is 47.8 Å². The highest BCUT2D eigenvalue weighted by atomic mass is 16.8. The first-order valence-corrected chi connectivity index (χ1v) is 28.4. The standard InChI is InChI=1S/C58H88O22/c1-28(59)68-26-38-45(70-30(3)61)47(72-32(5)63)49(74-34(7)65)51(77-38)76-37-25-41-55(13)21-19-42(79-52-50(75-35(8)66)48(73-33(6)64)46(71-31(4)62)39(78-52)27-69-29(2)60)53(9,10)40(55)18-23-56(41,14)57(15)22-17-36(44(37)57)58(16)24-20-43(80-58)54(11,12)67/h36-52,67H,17-27H2,1-16H3/t36-,37+,38+,39+,40-,41+,42+,43+,44-,45+,46+,47-,48-,49+,50+,51+,52-,55-,56+,57+,58-/m0/s1. The predicted molar refractivity (Wildman–Crippen MR) is 277 cm³/mol. The van der Waals surface area contributed by atoms with Crippen LogP contribution in [0.15, 0.2) is 0 Å². The second-order valence-corrected chi connectivity index (χ2v) is 25.8. The molecule has 7 fully saturated rings. The first-order chi connectivity index (χ1) is 37.1. The number of ether oxygens (including phenoxy) is 13. The van der Waals surface area contributed by atoms with Crippen LogP contribution in [0.3, 0.4) is 0 Å². The van der Waals surface area contributed by atoms with E-state index >= 15 is 0 Å². The fraction of sp³-hybridized carbons (Fsp3) is 0.862. The molecule has 1 N–H and O–H groups in total. The van der Waals surface area contributed by atoms with Crippen molar-refractivity contribution in [1.29, 1.82) is 0 Å². The number of esters is 8. The lowest BCUT2D eigenvalue weighted by atomic mass is 9.35. The van der Waals surface area contributed by atoms with E-state index in [4.69, 9.17) is 61.6 Å². The molecule has 0 radical (unpaired) electrons. The van der Waals surface area contributed by atoms with Gasteiger partial charge in [0.15, 0.2) is 49.2 Å². The maximum Gasteiger partial charge on any atom is 0.303 e. The van der Waals surface area contributed by atoms with Crippen molar-refractivity contribution in [3.63, 3.8) is 0 Å². The summed E-state index contributed by atoms with van der Waals surface area (Å²) in [5.41, 5.74) is -3.58. The highest BCUT2D eigenvalue weighted by Crippen LogP contribution is 2.77. The molecule has 0 spiro atoms. The van der Waals surface area contributed by atoms with Crippen LogP contribution in [-0.2, 0) is 99.9 Å². The van der Waals surface area contributed by atoms with Crippen molar-refractivity contribution in [3.8, 4) is 0 Å². The largest absolute Gasteiger partial charge is 0.463 e. The van der Waals surface area contributed by atoms with Crippen LogP contribution >= 0.6 is 0 Å². The molecule has 0 unspecified atom stereocenters. The van der Waals surface area contributed by atoms with Gasteiger partial charge in [0.25, 0.3) is 0 Å². The molecule has 3 heterocycles. The predicted octanol–water partition coefficient (Wildman–Crippen LogP) is 5.93. The molecule has 452 valence electrons. The molecular formula is C58H88O22. The summed E-state index contributed by atoms with van der Waals surface area (Å²) in [7, 11) is 0. The Morgan fingerprint density at radius 2 is 0.938 bits per heavy atom. The quantitative estimate of drug-likeness (QED) is 0.107. The SMILES string of the molecule is CC(=O)OC[C@H]1O[C@@H](O[C@@H]2C[C@@H]3[C@@]4(C)CC[C@@H](O[C@@H]5O[C@H](COC(C)=O)[C@@H](OC(C)=O)[C@H](OC(C)=O)[C@H]5OC(C)=O)C(C)(C)[C@@H]4CC[C@@]3(C)[C@]3(C)CC[C@H]([C@]4(C)CC[C@H](C(C)(C)O)O4)[C@@H]23)[C@H](OC(C)=O)[C@@H](OC(C)=O)[C@@H]1OC(C)=O. The van der Waals surface area contributed by atoms with Crippen LogP contribution in [0.2, 0.25) is 0 Å². The van der Waals surface area contributed by atoms with Gasteiger partial charge in [-0.2, -0.15) is 0 Å². The Bertz CT molecular complexity index is 2350. The van der Waals surface area contributed by atoms with Gasteiger partial charge in [-0.05, 0) is 124 Å². The minimum Gasteiger partial charge on any atom is -0.463 e. The molecule has 0 aromatic carbocycles. The topological polar surface area (TPSA) is 277 Å². The summed E-state index contributed by atoms with van der Waals surface area (Å²) in [5, 5.41) is 11.3. The third-order valence-corrected chi connectivity index (χ3v) is 19.7. The molecule has 0 aromatic heterocycles. The van der Waals surface area contributed by atoms with Crippen LogP contribution in [0.5, 0.6) is 0 Å². The van der Waals surface area contributed by atoms with Crippen molar-refractivity contribution in [2.45, 2.75) is 259 Å². The molecule has 22 nitrogen and oxygen atoms in total. The van der Waals surface area contributed by atoms with Crippen molar-refractivity contribution in [2.24, 2.45) is 45.3 Å². The van der Waals surface area contributed by atoms with Crippen molar-refractivity contribution >= 4 is 47.8 Å². The van der Waals surface area contributed by atoms with Gasteiger partial charge in [0.2, 0.25) is 0 Å². The summed E-state index contributed by atoms with van der Waals surface area (Å²) in [6.07, 6.45) is -9.20. The molecule has 3 aliphatic heterocycles. The van der Waals surface area contributed by atoms with Crippen LogP contribution < -0.4 is 0 Å². The number of rotatable bonds is 16. The second-order valence-electron chi connectivity index (χ2n) is 25.8. The highest BCUT2D eigenvalue weighted by Gasteiger charge is 2.73. The molecule has 0 aromatic rings. The number of carbonyl (C=O) groups excluding carboxylic acids is 8. The van der Waals surface area contributed by atoms with Gasteiger partial charge in [-0.1, -0.05) is 34.6 Å². The van der Waals surface area contributed by atoms with Gasteiger partial charge in [0.05, 0.1) is 29.5 Å². The Kier molecular flexibility index (Phi) is 18.7. The average Bonchev–Trinajstić information content (AvgIpc) is 2.40. The van der Waals surface area contributed by atoms with Crippen molar-refractivity contribution < 1.29 is 105 Å². The number of hydrogen-bond acceptors (Lipinski definition) is 22. The summed E-state index contributed by atoms with van der Waals surface area (Å²) in [6.45, 7) is 25.7. The zero-order valence-corrected chi connectivity index (χ0v) is 49.6. The third kappa shape index (κ3) is 12.6. The average molecular weight is 1140 g/mol. The van der Waals surface area contributed by atoms with Crippen LogP contribution in [0.1, 0.15) is 169 Å². The van der Waals surface area contributed by atoms with E-state index < -0.39 is 168 Å². The Morgan fingerprint density at radius 3 is 1.38 bits per heavy atom. The molecule has 4 aliphatic carbocycles. The number of hydrogen-bond donors (Lipinski definition) is 1. The van der Waals surface area contributed by atoms with Gasteiger partial charge < -0.3 is 66.7 Å². The van der Waals surface area contributed by atoms with Gasteiger partial charge in [0, 0.05) is 55.4 Å². The van der Waals surface area contributed by atoms with Crippen LogP contribution in [0.25, 0.3) is 0 Å². The lowest BCUT2D eigenvalue weighted by Gasteiger charge is -2.71. The summed E-state index contributed by atoms with van der Waals surface area (Å²) in [6, 6.07) is 0. The van der Waals surface area contributed by atoms with E-state index in [9.17, 15) is 43.5 Å². The molecule has 22 heteroatoms.